The predicted molar refractivity (Wildman–Crippen MR) is 73.9 cm³/mol. The van der Waals surface area contributed by atoms with Crippen molar-refractivity contribution in [3.05, 3.63) is 29.3 Å². The van der Waals surface area contributed by atoms with Crippen LogP contribution < -0.4 is 5.73 Å². The smallest absolute Gasteiger partial charge is 0.367 e. The van der Waals surface area contributed by atoms with Crippen molar-refractivity contribution in [2.24, 2.45) is 5.73 Å². The van der Waals surface area contributed by atoms with Crippen LogP contribution in [0.3, 0.4) is 0 Å². The lowest BCUT2D eigenvalue weighted by atomic mass is 10.1. The largest absolute Gasteiger partial charge is 0.416 e. The number of hydrogen-bond acceptors (Lipinski definition) is 4. The number of nitrogens with zero attached hydrogens (tertiary/aromatic N) is 1. The van der Waals surface area contributed by atoms with E-state index in [0.717, 1.165) is 16.4 Å². The Balaban J connectivity index is 2.38. The van der Waals surface area contributed by atoms with Gasteiger partial charge < -0.3 is 10.5 Å². The summed E-state index contributed by atoms with van der Waals surface area (Å²) >= 11 is 0. The second kappa shape index (κ2) is 6.10. The summed E-state index contributed by atoms with van der Waals surface area (Å²) in [7, 11) is -4.18. The quantitative estimate of drug-likeness (QED) is 0.875. The predicted octanol–water partition coefficient (Wildman–Crippen LogP) is 0.889. The Morgan fingerprint density at radius 1 is 1.39 bits per heavy atom. The van der Waals surface area contributed by atoms with E-state index in [2.05, 4.69) is 0 Å². The molecular formula is C13H15F3N2O4S. The number of hydrogen-bond donors (Lipinski definition) is 1. The Morgan fingerprint density at radius 3 is 2.61 bits per heavy atom. The van der Waals surface area contributed by atoms with Gasteiger partial charge in [0.1, 0.15) is 6.10 Å². The molecule has 1 fully saturated rings. The fourth-order valence-electron chi connectivity index (χ4n) is 2.23. The number of primary amides is 1. The molecule has 10 heteroatoms. The Hall–Kier alpha value is -1.65. The first-order valence-electron chi connectivity index (χ1n) is 6.62. The first-order valence-corrected chi connectivity index (χ1v) is 8.06. The van der Waals surface area contributed by atoms with E-state index in [4.69, 9.17) is 10.5 Å². The van der Waals surface area contributed by atoms with Crippen LogP contribution in [0.25, 0.3) is 0 Å². The van der Waals surface area contributed by atoms with Gasteiger partial charge in [-0.25, -0.2) is 8.42 Å². The van der Waals surface area contributed by atoms with Crippen molar-refractivity contribution < 1.29 is 31.1 Å². The van der Waals surface area contributed by atoms with E-state index in [-0.39, 0.29) is 25.3 Å². The zero-order chi connectivity index (χ0) is 17.4. The van der Waals surface area contributed by atoms with Crippen molar-refractivity contribution in [1.82, 2.24) is 4.31 Å². The zero-order valence-electron chi connectivity index (χ0n) is 12.1. The number of rotatable bonds is 3. The number of nitrogens with two attached hydrogens (primary N) is 1. The summed E-state index contributed by atoms with van der Waals surface area (Å²) in [5.41, 5.74) is 3.99. The standard InChI is InChI=1S/C13H15F3N2O4S/c1-8-2-3-9(6-10(8)13(14,15)16)23(20,21)18-4-5-22-11(7-18)12(17)19/h2-3,6,11H,4-5,7H2,1H3,(H2,17,19). The highest BCUT2D eigenvalue weighted by Gasteiger charge is 2.36. The van der Waals surface area contributed by atoms with Gasteiger partial charge in [0.25, 0.3) is 0 Å². The third-order valence-corrected chi connectivity index (χ3v) is 5.36. The fraction of sp³-hybridized carbons (Fsp3) is 0.462. The minimum Gasteiger partial charge on any atom is -0.367 e. The highest BCUT2D eigenvalue weighted by atomic mass is 32.2. The van der Waals surface area contributed by atoms with E-state index in [1.807, 2.05) is 0 Å². The summed E-state index contributed by atoms with van der Waals surface area (Å²) in [6, 6.07) is 2.80. The van der Waals surface area contributed by atoms with E-state index >= 15 is 0 Å². The molecule has 0 aromatic heterocycles. The topological polar surface area (TPSA) is 89.7 Å². The normalized spacial score (nSPS) is 20.4. The molecule has 0 spiro atoms. The third-order valence-electron chi connectivity index (χ3n) is 3.50. The van der Waals surface area contributed by atoms with Crippen LogP contribution in [0.5, 0.6) is 0 Å². The van der Waals surface area contributed by atoms with Crippen molar-refractivity contribution in [3.63, 3.8) is 0 Å². The summed E-state index contributed by atoms with van der Waals surface area (Å²) in [5, 5.41) is 0. The molecule has 1 aromatic rings. The summed E-state index contributed by atoms with van der Waals surface area (Å²) in [5.74, 6) is -0.829. The molecule has 0 saturated carbocycles. The van der Waals surface area contributed by atoms with Crippen molar-refractivity contribution in [1.29, 1.82) is 0 Å². The summed E-state index contributed by atoms with van der Waals surface area (Å²) in [6.45, 7) is 0.788. The van der Waals surface area contributed by atoms with Crippen LogP contribution in [0.4, 0.5) is 13.2 Å². The molecule has 1 heterocycles. The third kappa shape index (κ3) is 3.65. The molecule has 6 nitrogen and oxygen atoms in total. The first-order chi connectivity index (χ1) is 10.5. The second-order valence-electron chi connectivity index (χ2n) is 5.10. The van der Waals surface area contributed by atoms with Gasteiger partial charge in [-0.15, -0.1) is 0 Å². The van der Waals surface area contributed by atoms with Gasteiger partial charge in [-0.1, -0.05) is 6.07 Å². The van der Waals surface area contributed by atoms with Crippen LogP contribution in [0.2, 0.25) is 0 Å². The number of amides is 1. The van der Waals surface area contributed by atoms with Crippen LogP contribution in [0.1, 0.15) is 11.1 Å². The highest BCUT2D eigenvalue weighted by Crippen LogP contribution is 2.34. The molecule has 2 rings (SSSR count). The molecule has 1 aromatic carbocycles. The monoisotopic (exact) mass is 352 g/mol. The number of carbonyl (C=O) groups is 1. The van der Waals surface area contributed by atoms with E-state index < -0.39 is 38.7 Å². The number of halogens is 3. The minimum absolute atomic E-state index is 0.0647. The van der Waals surface area contributed by atoms with Gasteiger partial charge in [0.2, 0.25) is 15.9 Å². The molecule has 1 saturated heterocycles. The molecule has 0 aliphatic carbocycles. The maximum atomic E-state index is 12.9. The molecule has 128 valence electrons. The maximum Gasteiger partial charge on any atom is 0.416 e. The van der Waals surface area contributed by atoms with Gasteiger partial charge in [-0.05, 0) is 24.6 Å². The Morgan fingerprint density at radius 2 is 2.04 bits per heavy atom. The van der Waals surface area contributed by atoms with Crippen LogP contribution in [-0.2, 0) is 25.7 Å². The Labute approximate surface area is 131 Å². The lowest BCUT2D eigenvalue weighted by Crippen LogP contribution is -2.50. The molecule has 0 bridgehead atoms. The fourth-order valence-corrected chi connectivity index (χ4v) is 3.68. The lowest BCUT2D eigenvalue weighted by Gasteiger charge is -2.30. The van der Waals surface area contributed by atoms with Crippen molar-refractivity contribution in [3.8, 4) is 0 Å². The highest BCUT2D eigenvalue weighted by molar-refractivity contribution is 7.89. The van der Waals surface area contributed by atoms with Crippen LogP contribution in [0, 0.1) is 6.92 Å². The molecule has 1 aliphatic rings. The molecular weight excluding hydrogens is 337 g/mol. The minimum atomic E-state index is -4.66. The summed E-state index contributed by atoms with van der Waals surface area (Å²) in [4.78, 5) is 10.6. The second-order valence-corrected chi connectivity index (χ2v) is 7.04. The van der Waals surface area contributed by atoms with Crippen LogP contribution in [0.15, 0.2) is 23.1 Å². The molecule has 0 radical (unpaired) electrons. The molecule has 2 N–H and O–H groups in total. The molecule has 23 heavy (non-hydrogen) atoms. The number of benzene rings is 1. The molecule has 1 amide bonds. The van der Waals surface area contributed by atoms with Crippen molar-refractivity contribution in [2.45, 2.75) is 24.1 Å². The van der Waals surface area contributed by atoms with Gasteiger partial charge in [0.05, 0.1) is 17.1 Å². The van der Waals surface area contributed by atoms with Gasteiger partial charge >= 0.3 is 6.18 Å². The number of morpholine rings is 1. The Bertz CT molecular complexity index is 718. The molecule has 1 unspecified atom stereocenters. The average Bonchev–Trinajstić information content (AvgIpc) is 2.46. The van der Waals surface area contributed by atoms with Crippen LogP contribution in [-0.4, -0.2) is 44.4 Å². The average molecular weight is 352 g/mol. The number of ether oxygens (including phenoxy) is 1. The lowest BCUT2D eigenvalue weighted by molar-refractivity contribution is -0.138. The number of alkyl halides is 3. The van der Waals surface area contributed by atoms with Gasteiger partial charge in [-0.2, -0.15) is 17.5 Å². The van der Waals surface area contributed by atoms with E-state index in [1.165, 1.54) is 6.92 Å². The SMILES string of the molecule is Cc1ccc(S(=O)(=O)N2CCOC(C(N)=O)C2)cc1C(F)(F)F. The van der Waals surface area contributed by atoms with E-state index in [9.17, 15) is 26.4 Å². The van der Waals surface area contributed by atoms with Gasteiger partial charge in [0, 0.05) is 13.1 Å². The van der Waals surface area contributed by atoms with Gasteiger partial charge in [-0.3, -0.25) is 4.79 Å². The first kappa shape index (κ1) is 17.7. The van der Waals surface area contributed by atoms with E-state index in [1.54, 1.807) is 0 Å². The zero-order valence-corrected chi connectivity index (χ0v) is 12.9. The number of aryl methyl sites for hydroxylation is 1. The molecule has 1 aliphatic heterocycles. The Kier molecular flexibility index (Phi) is 4.69. The summed E-state index contributed by atoms with van der Waals surface area (Å²) in [6.07, 6.45) is -5.78. The van der Waals surface area contributed by atoms with Gasteiger partial charge in [0.15, 0.2) is 0 Å². The maximum absolute atomic E-state index is 12.9. The van der Waals surface area contributed by atoms with Crippen molar-refractivity contribution >= 4 is 15.9 Å². The number of carbonyl (C=O) groups excluding carboxylic acids is 1. The van der Waals surface area contributed by atoms with Crippen molar-refractivity contribution in [2.75, 3.05) is 19.7 Å². The van der Waals surface area contributed by atoms with E-state index in [0.29, 0.717) is 6.07 Å². The van der Waals surface area contributed by atoms with Crippen LogP contribution >= 0.6 is 0 Å². The molecule has 1 atom stereocenters. The number of sulfonamides is 1. The summed E-state index contributed by atoms with van der Waals surface area (Å²) < 4.78 is 69.7.